The van der Waals surface area contributed by atoms with Gasteiger partial charge >= 0.3 is 0 Å². The van der Waals surface area contributed by atoms with Gasteiger partial charge in [0, 0.05) is 29.7 Å². The molecule has 9 heteroatoms. The summed E-state index contributed by atoms with van der Waals surface area (Å²) in [6.45, 7) is 5.12. The Kier molecular flexibility index (Phi) is 6.38. The van der Waals surface area contributed by atoms with Crippen molar-refractivity contribution >= 4 is 11.6 Å². The number of rotatable bonds is 4. The number of aliphatic hydroxyl groups excluding tert-OH is 2. The average Bonchev–Trinajstić information content (AvgIpc) is 3.54. The number of aliphatic hydroxyl groups is 2. The van der Waals surface area contributed by atoms with E-state index in [9.17, 15) is 19.8 Å². The predicted molar refractivity (Wildman–Crippen MR) is 129 cm³/mol. The van der Waals surface area contributed by atoms with Gasteiger partial charge in [-0.2, -0.15) is 5.06 Å². The van der Waals surface area contributed by atoms with Gasteiger partial charge in [-0.15, -0.1) is 0 Å². The highest BCUT2D eigenvalue weighted by molar-refractivity contribution is 5.99. The van der Waals surface area contributed by atoms with Gasteiger partial charge in [0.25, 0.3) is 0 Å². The molecule has 0 bridgehead atoms. The van der Waals surface area contributed by atoms with E-state index in [1.54, 1.807) is 30.4 Å². The highest BCUT2D eigenvalue weighted by atomic mass is 19.1. The molecule has 3 aliphatic carbocycles. The Bertz CT molecular complexity index is 1120. The second-order valence-electron chi connectivity index (χ2n) is 11.7. The van der Waals surface area contributed by atoms with Crippen LogP contribution in [0, 0.1) is 28.6 Å². The lowest BCUT2D eigenvalue weighted by atomic mass is 9.44. The van der Waals surface area contributed by atoms with Crippen LogP contribution in [0.25, 0.3) is 0 Å². The van der Waals surface area contributed by atoms with Crippen molar-refractivity contribution in [2.45, 2.75) is 70.1 Å². The molecule has 3 fully saturated rings. The van der Waals surface area contributed by atoms with Crippen molar-refractivity contribution in [2.24, 2.45) is 28.6 Å². The maximum atomic E-state index is 17.2. The molecule has 0 radical (unpaired) electrons. The topological polar surface area (TPSA) is 100 Å². The molecule has 0 spiro atoms. The summed E-state index contributed by atoms with van der Waals surface area (Å²) >= 11 is 0. The van der Waals surface area contributed by atoms with E-state index in [1.807, 2.05) is 13.8 Å². The molecule has 0 aromatic carbocycles. The molecule has 7 nitrogen and oxygen atoms in total. The fourth-order valence-corrected chi connectivity index (χ4v) is 8.17. The minimum Gasteiger partial charge on any atom is -0.468 e. The van der Waals surface area contributed by atoms with Gasteiger partial charge in [0.1, 0.15) is 24.2 Å². The van der Waals surface area contributed by atoms with Crippen LogP contribution in [0.5, 0.6) is 0 Å². The number of allylic oxidation sites excluding steroid dienone is 4. The quantitative estimate of drug-likeness (QED) is 0.628. The number of furan rings is 1. The summed E-state index contributed by atoms with van der Waals surface area (Å²) < 4.78 is 37.9. The zero-order valence-electron chi connectivity index (χ0n) is 21.4. The smallest absolute Gasteiger partial charge is 0.192 e. The van der Waals surface area contributed by atoms with Gasteiger partial charge in [0.2, 0.25) is 0 Å². The molecular formula is C28H35F2NO6. The lowest BCUT2D eigenvalue weighted by molar-refractivity contribution is -0.281. The number of Topliss-reactive ketones (excluding diaryl/α,β-unsaturated/α-hetero) is 1. The number of carbonyl (C=O) groups excluding carboxylic acids is 2. The molecule has 1 saturated heterocycles. The molecule has 202 valence electrons. The van der Waals surface area contributed by atoms with Crippen LogP contribution in [0.2, 0.25) is 0 Å². The molecule has 9 atom stereocenters. The van der Waals surface area contributed by atoms with Crippen molar-refractivity contribution in [3.05, 3.63) is 48.5 Å². The zero-order valence-corrected chi connectivity index (χ0v) is 21.4. The minimum atomic E-state index is -2.24. The molecule has 1 aromatic rings. The average molecular weight is 520 g/mol. The Balaban J connectivity index is 1.61. The van der Waals surface area contributed by atoms with E-state index < -0.39 is 70.3 Å². The number of fused-ring (bicyclic) bond motifs is 5. The molecule has 0 amide bonds. The highest BCUT2D eigenvalue weighted by Gasteiger charge is 2.80. The van der Waals surface area contributed by atoms with Crippen LogP contribution < -0.4 is 0 Å². The molecule has 1 aliphatic heterocycles. The lowest BCUT2D eigenvalue weighted by Crippen LogP contribution is -2.69. The standard InChI is InChI=1S/C28H35F2NO6/c1-17-6-8-20(33)9-7-19(29)11-22-25(2)12-18-14-31(15-21-5-4-10-36-21)37-28(18,24(35)16-32)26(25,3)13-23(34)27(17,22)30/h4-10,17-19,22-23,32,34H,11-16H2,1-3H3. The maximum absolute atomic E-state index is 17.2. The largest absolute Gasteiger partial charge is 0.468 e. The first-order valence-corrected chi connectivity index (χ1v) is 12.9. The van der Waals surface area contributed by atoms with Crippen molar-refractivity contribution in [3.8, 4) is 0 Å². The predicted octanol–water partition coefficient (Wildman–Crippen LogP) is 3.51. The summed E-state index contributed by atoms with van der Waals surface area (Å²) in [4.78, 5) is 32.0. The number of carbonyl (C=O) groups is 2. The van der Waals surface area contributed by atoms with Crippen LogP contribution in [0.4, 0.5) is 8.78 Å². The fraction of sp³-hybridized carbons (Fsp3) is 0.643. The van der Waals surface area contributed by atoms with Gasteiger partial charge in [-0.05, 0) is 55.0 Å². The van der Waals surface area contributed by atoms with Crippen LogP contribution in [-0.2, 0) is 21.0 Å². The third-order valence-electron chi connectivity index (χ3n) is 10.1. The maximum Gasteiger partial charge on any atom is 0.192 e. The Hall–Kier alpha value is -2.20. The first-order chi connectivity index (χ1) is 17.4. The Morgan fingerprint density at radius 2 is 1.97 bits per heavy atom. The van der Waals surface area contributed by atoms with Crippen LogP contribution >= 0.6 is 0 Å². The van der Waals surface area contributed by atoms with Crippen molar-refractivity contribution in [2.75, 3.05) is 13.2 Å². The summed E-state index contributed by atoms with van der Waals surface area (Å²) in [6, 6.07) is 3.54. The van der Waals surface area contributed by atoms with Gasteiger partial charge in [-0.3, -0.25) is 14.4 Å². The van der Waals surface area contributed by atoms with E-state index in [4.69, 9.17) is 9.25 Å². The van der Waals surface area contributed by atoms with Gasteiger partial charge < -0.3 is 14.6 Å². The Labute approximate surface area is 215 Å². The zero-order chi connectivity index (χ0) is 26.8. The highest BCUT2D eigenvalue weighted by Crippen LogP contribution is 2.74. The molecule has 5 rings (SSSR count). The lowest BCUT2D eigenvalue weighted by Gasteiger charge is -2.62. The van der Waals surface area contributed by atoms with Crippen molar-refractivity contribution < 1.29 is 37.8 Å². The first-order valence-electron chi connectivity index (χ1n) is 12.9. The van der Waals surface area contributed by atoms with Crippen molar-refractivity contribution in [1.29, 1.82) is 0 Å². The molecule has 2 N–H and O–H groups in total. The second kappa shape index (κ2) is 8.93. The van der Waals surface area contributed by atoms with Crippen LogP contribution in [0.1, 0.15) is 45.8 Å². The Morgan fingerprint density at radius 1 is 1.24 bits per heavy atom. The van der Waals surface area contributed by atoms with Crippen molar-refractivity contribution in [1.82, 2.24) is 5.06 Å². The molecule has 1 aromatic heterocycles. The van der Waals surface area contributed by atoms with Crippen LogP contribution in [-0.4, -0.2) is 63.5 Å². The normalized spacial score (nSPS) is 45.9. The van der Waals surface area contributed by atoms with Crippen LogP contribution in [0.15, 0.2) is 47.1 Å². The fourth-order valence-electron chi connectivity index (χ4n) is 8.17. The Morgan fingerprint density at radius 3 is 2.65 bits per heavy atom. The summed E-state index contributed by atoms with van der Waals surface area (Å²) in [5, 5.41) is 23.2. The van der Waals surface area contributed by atoms with E-state index in [0.29, 0.717) is 18.7 Å². The second-order valence-corrected chi connectivity index (χ2v) is 11.7. The molecular weight excluding hydrogens is 484 g/mol. The number of ketones is 2. The molecule has 4 aliphatic rings. The molecule has 2 heterocycles. The van der Waals surface area contributed by atoms with Gasteiger partial charge in [-0.25, -0.2) is 8.78 Å². The van der Waals surface area contributed by atoms with E-state index in [1.165, 1.54) is 12.2 Å². The number of nitrogens with zero attached hydrogens (tertiary/aromatic N) is 1. The SMILES string of the molecule is CC1C=CC(=O)C=CC(F)CC2C1(F)C(O)CC1(C)C2(C)CC2CN(Cc3ccco3)OC21C(=O)CO. The van der Waals surface area contributed by atoms with E-state index >= 15 is 8.78 Å². The van der Waals surface area contributed by atoms with Gasteiger partial charge in [-0.1, -0.05) is 26.8 Å². The van der Waals surface area contributed by atoms with E-state index in [0.717, 1.165) is 12.2 Å². The van der Waals surface area contributed by atoms with E-state index in [-0.39, 0.29) is 19.4 Å². The summed E-state index contributed by atoms with van der Waals surface area (Å²) in [6.07, 6.45) is 3.30. The minimum absolute atomic E-state index is 0.119. The third-order valence-corrected chi connectivity index (χ3v) is 10.1. The molecule has 9 unspecified atom stereocenters. The number of hydroxylamine groups is 2. The van der Waals surface area contributed by atoms with Crippen LogP contribution in [0.3, 0.4) is 0 Å². The van der Waals surface area contributed by atoms with E-state index in [2.05, 4.69) is 0 Å². The van der Waals surface area contributed by atoms with Gasteiger partial charge in [0.15, 0.2) is 17.2 Å². The monoisotopic (exact) mass is 519 g/mol. The number of halogens is 2. The summed E-state index contributed by atoms with van der Waals surface area (Å²) in [7, 11) is 0. The van der Waals surface area contributed by atoms with Gasteiger partial charge in [0.05, 0.1) is 18.9 Å². The molecule has 2 saturated carbocycles. The number of hydrogen-bond donors (Lipinski definition) is 2. The van der Waals surface area contributed by atoms with Crippen molar-refractivity contribution in [3.63, 3.8) is 0 Å². The first kappa shape index (κ1) is 26.4. The summed E-state index contributed by atoms with van der Waals surface area (Å²) in [5.41, 5.74) is -5.83. The number of hydrogen-bond acceptors (Lipinski definition) is 7. The molecule has 37 heavy (non-hydrogen) atoms. The third kappa shape index (κ3) is 3.57. The number of alkyl halides is 2. The summed E-state index contributed by atoms with van der Waals surface area (Å²) in [5.74, 6) is -2.61.